The van der Waals surface area contributed by atoms with Crippen LogP contribution in [0.4, 0.5) is 0 Å². The molecule has 0 saturated carbocycles. The zero-order valence-corrected chi connectivity index (χ0v) is 8.66. The molecule has 9 heavy (non-hydrogen) atoms. The molecule has 0 N–H and O–H groups in total. The van der Waals surface area contributed by atoms with Gasteiger partial charge in [0, 0.05) is 0 Å². The van der Waals surface area contributed by atoms with Crippen molar-refractivity contribution in [3.63, 3.8) is 0 Å². The van der Waals surface area contributed by atoms with E-state index in [-0.39, 0.29) is 37.7 Å². The molecule has 0 fully saturated rings. The second-order valence-electron chi connectivity index (χ2n) is 1.00. The van der Waals surface area contributed by atoms with Gasteiger partial charge in [-0.05, 0) is 0 Å². The van der Waals surface area contributed by atoms with Gasteiger partial charge in [-0.25, -0.2) is 0 Å². The quantitative estimate of drug-likeness (QED) is 0.230. The van der Waals surface area contributed by atoms with Gasteiger partial charge in [-0.15, -0.1) is 0 Å². The molecule has 0 aromatic heterocycles. The minimum Gasteiger partial charge on any atom is -0.549 e. The second-order valence-corrected chi connectivity index (χ2v) is 2.25. The van der Waals surface area contributed by atoms with E-state index in [1.165, 1.54) is 22.6 Å². The Morgan fingerprint density at radius 3 is 1.44 bits per heavy atom. The molecule has 0 atom stereocenters. The Bertz CT molecular complexity index is 111. The number of hydrogen-bond donors (Lipinski definition) is 0. The molecule has 0 rings (SSSR count). The van der Waals surface area contributed by atoms with Gasteiger partial charge in [-0.3, -0.25) is 0 Å². The monoisotopic (exact) mass is 268 g/mol. The third-order valence-electron chi connectivity index (χ3n) is 0.414. The van der Waals surface area contributed by atoms with Crippen LogP contribution in [0.15, 0.2) is 0 Å². The number of aliphatic carboxylic acids is 2. The first-order valence-corrected chi connectivity index (χ1v) is 2.86. The summed E-state index contributed by atoms with van der Waals surface area (Å²) in [6.07, 6.45) is 0. The van der Waals surface area contributed by atoms with Crippen LogP contribution in [0.1, 0.15) is 0 Å². The Balaban J connectivity index is 0. The molecule has 0 bridgehead atoms. The third kappa shape index (κ3) is 5.38. The summed E-state index contributed by atoms with van der Waals surface area (Å²) >= 11 is 1.20. The topological polar surface area (TPSA) is 80.3 Å². The molecule has 4 nitrogen and oxygen atoms in total. The minimum atomic E-state index is -1.63. The number of carboxylic acid groups (broad SMARTS) is 2. The summed E-state index contributed by atoms with van der Waals surface area (Å²) in [7, 11) is 0. The average Bonchev–Trinajstić information content (AvgIpc) is 1.64. The van der Waals surface area contributed by atoms with Gasteiger partial charge in [0.2, 0.25) is 0 Å². The third-order valence-corrected chi connectivity index (χ3v) is 1.43. The number of rotatable bonds is 2. The van der Waals surface area contributed by atoms with Crippen molar-refractivity contribution in [2.24, 2.45) is 0 Å². The van der Waals surface area contributed by atoms with Crippen LogP contribution in [0.2, 0.25) is 0 Å². The molecule has 0 aliphatic rings. The van der Waals surface area contributed by atoms with Gasteiger partial charge in [-0.2, -0.15) is 0 Å². The van der Waals surface area contributed by atoms with Crippen molar-refractivity contribution in [2.45, 2.75) is 3.92 Å². The number of carbonyl (C=O) groups excluding carboxylic acids is 2. The summed E-state index contributed by atoms with van der Waals surface area (Å²) in [5.74, 6) is -3.27. The average molecular weight is 268 g/mol. The number of hydrogen-bond acceptors (Lipinski definition) is 4. The predicted octanol–water partition coefficient (Wildman–Crippen LogP) is -3.09. The first-order chi connectivity index (χ1) is 3.55. The Labute approximate surface area is 94.8 Å². The Kier molecular flexibility index (Phi) is 7.97. The van der Waals surface area contributed by atoms with Gasteiger partial charge in [-0.1, -0.05) is 22.6 Å². The van der Waals surface area contributed by atoms with Crippen LogP contribution in [-0.4, -0.2) is 53.6 Å². The van der Waals surface area contributed by atoms with Crippen molar-refractivity contribution in [1.82, 2.24) is 0 Å². The smallest absolute Gasteiger partial charge is 0.549 e. The molecule has 0 aromatic rings. The fraction of sp³-hybridized carbons (Fsp3) is 0.333. The SMILES string of the molecule is O=C([O-])C(I)C(=O)[O-].[Ca+2]. The van der Waals surface area contributed by atoms with Gasteiger partial charge in [0.05, 0.1) is 15.9 Å². The summed E-state index contributed by atoms with van der Waals surface area (Å²) in [5.41, 5.74) is 0. The number of alkyl halides is 1. The van der Waals surface area contributed by atoms with Crippen LogP contribution in [0.25, 0.3) is 0 Å². The number of carboxylic acids is 2. The van der Waals surface area contributed by atoms with Gasteiger partial charge in [0.25, 0.3) is 0 Å². The van der Waals surface area contributed by atoms with E-state index in [0.717, 1.165) is 0 Å². The van der Waals surface area contributed by atoms with Crippen molar-refractivity contribution in [3.8, 4) is 0 Å². The van der Waals surface area contributed by atoms with E-state index in [2.05, 4.69) is 0 Å². The van der Waals surface area contributed by atoms with Crippen molar-refractivity contribution >= 4 is 72.3 Å². The Morgan fingerprint density at radius 1 is 1.22 bits per heavy atom. The van der Waals surface area contributed by atoms with Crippen molar-refractivity contribution in [1.29, 1.82) is 0 Å². The van der Waals surface area contributed by atoms with E-state index in [0.29, 0.717) is 0 Å². The fourth-order valence-electron chi connectivity index (χ4n) is 0.0962. The minimum absolute atomic E-state index is 0. The van der Waals surface area contributed by atoms with Crippen LogP contribution in [0.5, 0.6) is 0 Å². The van der Waals surface area contributed by atoms with E-state index in [1.54, 1.807) is 0 Å². The van der Waals surface area contributed by atoms with Crippen LogP contribution in [0, 0.1) is 0 Å². The Hall–Kier alpha value is 0.930. The molecule has 6 heteroatoms. The first kappa shape index (κ1) is 12.6. The van der Waals surface area contributed by atoms with Gasteiger partial charge >= 0.3 is 37.7 Å². The van der Waals surface area contributed by atoms with E-state index < -0.39 is 15.9 Å². The molecular weight excluding hydrogens is 267 g/mol. The zero-order chi connectivity index (χ0) is 6.73. The van der Waals surface area contributed by atoms with E-state index in [4.69, 9.17) is 0 Å². The van der Waals surface area contributed by atoms with E-state index in [1.807, 2.05) is 0 Å². The molecule has 0 radical (unpaired) electrons. The van der Waals surface area contributed by atoms with E-state index >= 15 is 0 Å². The maximum atomic E-state index is 9.60. The molecule has 46 valence electrons. The maximum Gasteiger partial charge on any atom is 2.00 e. The van der Waals surface area contributed by atoms with Gasteiger partial charge in [0.15, 0.2) is 0 Å². The van der Waals surface area contributed by atoms with E-state index in [9.17, 15) is 19.8 Å². The van der Waals surface area contributed by atoms with Crippen molar-refractivity contribution < 1.29 is 19.8 Å². The van der Waals surface area contributed by atoms with Crippen LogP contribution in [0.3, 0.4) is 0 Å². The van der Waals surface area contributed by atoms with Gasteiger partial charge < -0.3 is 19.8 Å². The van der Waals surface area contributed by atoms with Crippen LogP contribution < -0.4 is 10.2 Å². The largest absolute Gasteiger partial charge is 2.00 e. The van der Waals surface area contributed by atoms with Gasteiger partial charge in [0.1, 0.15) is 0 Å². The number of halogens is 1. The molecule has 0 spiro atoms. The maximum absolute atomic E-state index is 9.60. The molecular formula is C3HCaIO4. The molecule has 0 saturated heterocycles. The molecule has 0 aliphatic heterocycles. The molecule has 0 aromatic carbocycles. The summed E-state index contributed by atoms with van der Waals surface area (Å²) in [6.45, 7) is 0. The molecule has 0 amide bonds. The summed E-state index contributed by atoms with van der Waals surface area (Å²) < 4.78 is -1.55. The molecule has 0 heterocycles. The second kappa shape index (κ2) is 5.69. The molecule has 0 unspecified atom stereocenters. The van der Waals surface area contributed by atoms with Crippen molar-refractivity contribution in [3.05, 3.63) is 0 Å². The van der Waals surface area contributed by atoms with Crippen LogP contribution >= 0.6 is 22.6 Å². The fourth-order valence-corrected chi connectivity index (χ4v) is 0.0962. The summed E-state index contributed by atoms with van der Waals surface area (Å²) in [6, 6.07) is 0. The standard InChI is InChI=1S/C3H3IO4.Ca/c4-1(2(5)6)3(7)8;/h1H,(H,5,6)(H,7,8);/q;+2/p-2. The summed E-state index contributed by atoms with van der Waals surface area (Å²) in [5, 5.41) is 19.2. The normalized spacial score (nSPS) is 8.22. The van der Waals surface area contributed by atoms with Crippen molar-refractivity contribution in [2.75, 3.05) is 0 Å². The first-order valence-electron chi connectivity index (χ1n) is 1.61. The molecule has 0 aliphatic carbocycles. The zero-order valence-electron chi connectivity index (χ0n) is 4.30. The number of carbonyl (C=O) groups is 2. The predicted molar refractivity (Wildman–Crippen MR) is 33.6 cm³/mol. The van der Waals surface area contributed by atoms with Crippen LogP contribution in [-0.2, 0) is 9.59 Å². The Morgan fingerprint density at radius 2 is 1.44 bits per heavy atom. The summed E-state index contributed by atoms with van der Waals surface area (Å²) in [4.78, 5) is 19.2.